The normalized spacial score (nSPS) is 17.0. The van der Waals surface area contributed by atoms with Crippen LogP contribution in [0.15, 0.2) is 64.3 Å². The van der Waals surface area contributed by atoms with Crippen molar-refractivity contribution in [3.05, 3.63) is 92.5 Å². The SMILES string of the molecule is O=C(c1ccc(-c2ccccc2)c(F)c1)C1CCCN(Cc2c[nH]c(=O)[nH]c2=O)C1. The number of nitrogens with one attached hydrogen (secondary N) is 2. The van der Waals surface area contributed by atoms with Crippen LogP contribution in [-0.2, 0) is 6.54 Å². The molecule has 2 aromatic carbocycles. The van der Waals surface area contributed by atoms with Crippen molar-refractivity contribution >= 4 is 5.78 Å². The molecule has 0 radical (unpaired) electrons. The van der Waals surface area contributed by atoms with Gasteiger partial charge in [-0.25, -0.2) is 9.18 Å². The molecular weight excluding hydrogens is 385 g/mol. The third kappa shape index (κ3) is 4.31. The lowest BCUT2D eigenvalue weighted by Crippen LogP contribution is -2.40. The lowest BCUT2D eigenvalue weighted by Gasteiger charge is -2.31. The van der Waals surface area contributed by atoms with E-state index in [1.54, 1.807) is 12.1 Å². The Labute approximate surface area is 172 Å². The van der Waals surface area contributed by atoms with Crippen LogP contribution in [0.5, 0.6) is 0 Å². The predicted octanol–water partition coefficient (Wildman–Crippen LogP) is 2.96. The van der Waals surface area contributed by atoms with Crippen molar-refractivity contribution in [3.8, 4) is 11.1 Å². The first-order valence-electron chi connectivity index (χ1n) is 9.93. The van der Waals surface area contributed by atoms with Crippen LogP contribution in [0.1, 0.15) is 28.8 Å². The minimum absolute atomic E-state index is 0.0893. The molecule has 6 nitrogen and oxygen atoms in total. The Morgan fingerprint density at radius 2 is 1.93 bits per heavy atom. The first-order valence-corrected chi connectivity index (χ1v) is 9.93. The number of benzene rings is 2. The molecule has 1 aromatic heterocycles. The molecule has 154 valence electrons. The molecule has 3 aromatic rings. The maximum atomic E-state index is 14.7. The summed E-state index contributed by atoms with van der Waals surface area (Å²) in [4.78, 5) is 42.8. The highest BCUT2D eigenvalue weighted by atomic mass is 19.1. The first-order chi connectivity index (χ1) is 14.5. The second-order valence-corrected chi connectivity index (χ2v) is 7.60. The van der Waals surface area contributed by atoms with E-state index in [1.807, 2.05) is 35.2 Å². The molecule has 0 bridgehead atoms. The van der Waals surface area contributed by atoms with Gasteiger partial charge in [0.15, 0.2) is 5.78 Å². The summed E-state index contributed by atoms with van der Waals surface area (Å²) in [5.41, 5.74) is 1.07. The molecule has 1 unspecified atom stereocenters. The summed E-state index contributed by atoms with van der Waals surface area (Å²) in [5, 5.41) is 0. The summed E-state index contributed by atoms with van der Waals surface area (Å²) in [5.74, 6) is -0.768. The van der Waals surface area contributed by atoms with E-state index in [1.165, 1.54) is 12.3 Å². The Balaban J connectivity index is 1.48. The van der Waals surface area contributed by atoms with Gasteiger partial charge >= 0.3 is 5.69 Å². The number of halogens is 1. The van der Waals surface area contributed by atoms with Gasteiger partial charge in [0.05, 0.1) is 0 Å². The van der Waals surface area contributed by atoms with Gasteiger partial charge in [-0.2, -0.15) is 0 Å². The van der Waals surface area contributed by atoms with Crippen molar-refractivity contribution < 1.29 is 9.18 Å². The zero-order chi connectivity index (χ0) is 21.1. The van der Waals surface area contributed by atoms with Crippen molar-refractivity contribution in [2.24, 2.45) is 5.92 Å². The molecule has 0 amide bonds. The van der Waals surface area contributed by atoms with Gasteiger partial charge in [0.1, 0.15) is 5.82 Å². The molecule has 1 saturated heterocycles. The van der Waals surface area contributed by atoms with Crippen molar-refractivity contribution in [1.29, 1.82) is 0 Å². The Bertz CT molecular complexity index is 1170. The Kier molecular flexibility index (Phi) is 5.72. The van der Waals surface area contributed by atoms with Gasteiger partial charge in [-0.15, -0.1) is 0 Å². The first kappa shape index (κ1) is 20.0. The second-order valence-electron chi connectivity index (χ2n) is 7.60. The van der Waals surface area contributed by atoms with Crippen LogP contribution in [-0.4, -0.2) is 33.7 Å². The number of aromatic amines is 2. The highest BCUT2D eigenvalue weighted by Gasteiger charge is 2.27. The summed E-state index contributed by atoms with van der Waals surface area (Å²) in [7, 11) is 0. The van der Waals surface area contributed by atoms with Gasteiger partial charge in [0.25, 0.3) is 5.56 Å². The predicted molar refractivity (Wildman–Crippen MR) is 112 cm³/mol. The third-order valence-corrected chi connectivity index (χ3v) is 5.50. The standard InChI is InChI=1S/C23H22FN3O3/c24-20-11-16(8-9-19(20)15-5-2-1-3-6-15)21(28)17-7-4-10-27(13-17)14-18-12-25-23(30)26-22(18)29/h1-3,5-6,8-9,11-12,17H,4,7,10,13-14H2,(H2,25,26,29,30). The van der Waals surface area contributed by atoms with Gasteiger partial charge < -0.3 is 4.98 Å². The molecule has 1 aliphatic heterocycles. The van der Waals surface area contributed by atoms with Crippen LogP contribution in [0.3, 0.4) is 0 Å². The topological polar surface area (TPSA) is 86.0 Å². The second kappa shape index (κ2) is 8.59. The molecule has 1 atom stereocenters. The van der Waals surface area contributed by atoms with E-state index in [0.29, 0.717) is 29.8 Å². The molecule has 30 heavy (non-hydrogen) atoms. The van der Waals surface area contributed by atoms with Gasteiger partial charge in [0.2, 0.25) is 0 Å². The third-order valence-electron chi connectivity index (χ3n) is 5.50. The summed E-state index contributed by atoms with van der Waals surface area (Å²) in [6, 6.07) is 13.9. The summed E-state index contributed by atoms with van der Waals surface area (Å²) >= 11 is 0. The van der Waals surface area contributed by atoms with Crippen LogP contribution in [0.25, 0.3) is 11.1 Å². The molecule has 1 fully saturated rings. The molecule has 4 rings (SSSR count). The lowest BCUT2D eigenvalue weighted by atomic mass is 9.89. The van der Waals surface area contributed by atoms with Gasteiger partial charge in [-0.1, -0.05) is 42.5 Å². The number of carbonyl (C=O) groups is 1. The number of carbonyl (C=O) groups excluding carboxylic acids is 1. The Hall–Kier alpha value is -3.32. The number of likely N-dealkylation sites (tertiary alicyclic amines) is 1. The summed E-state index contributed by atoms with van der Waals surface area (Å²) in [6.45, 7) is 1.58. The Morgan fingerprint density at radius 3 is 2.67 bits per heavy atom. The molecule has 0 aliphatic carbocycles. The van der Waals surface area contributed by atoms with Crippen LogP contribution in [0.2, 0.25) is 0 Å². The monoisotopic (exact) mass is 407 g/mol. The summed E-state index contributed by atoms with van der Waals surface area (Å²) in [6.07, 6.45) is 2.94. The highest BCUT2D eigenvalue weighted by Crippen LogP contribution is 2.26. The zero-order valence-corrected chi connectivity index (χ0v) is 16.4. The Morgan fingerprint density at radius 1 is 1.13 bits per heavy atom. The molecule has 0 saturated carbocycles. The molecule has 1 aliphatic rings. The van der Waals surface area contributed by atoms with Gasteiger partial charge in [-0.05, 0) is 31.0 Å². The van der Waals surface area contributed by atoms with Crippen LogP contribution < -0.4 is 11.2 Å². The minimum atomic E-state index is -0.545. The van der Waals surface area contributed by atoms with E-state index in [9.17, 15) is 18.8 Å². The van der Waals surface area contributed by atoms with E-state index in [2.05, 4.69) is 9.97 Å². The summed E-state index contributed by atoms with van der Waals surface area (Å²) < 4.78 is 14.7. The van der Waals surface area contributed by atoms with Gasteiger partial charge in [-0.3, -0.25) is 19.5 Å². The van der Waals surface area contributed by atoms with Gasteiger partial charge in [0, 0.05) is 41.9 Å². The van der Waals surface area contributed by atoms with Crippen molar-refractivity contribution in [1.82, 2.24) is 14.9 Å². The zero-order valence-electron chi connectivity index (χ0n) is 16.4. The average molecular weight is 407 g/mol. The van der Waals surface area contributed by atoms with E-state index in [-0.39, 0.29) is 11.7 Å². The number of rotatable bonds is 5. The average Bonchev–Trinajstić information content (AvgIpc) is 2.76. The number of piperidine rings is 1. The number of Topliss-reactive ketones (excluding diaryl/α,β-unsaturated/α-hetero) is 1. The number of nitrogens with zero attached hydrogens (tertiary/aromatic N) is 1. The molecule has 2 heterocycles. The number of aromatic nitrogens is 2. The van der Waals surface area contributed by atoms with Crippen LogP contribution in [0, 0.1) is 11.7 Å². The number of H-pyrrole nitrogens is 2. The minimum Gasteiger partial charge on any atom is -0.314 e. The van der Waals surface area contributed by atoms with Crippen molar-refractivity contribution in [3.63, 3.8) is 0 Å². The van der Waals surface area contributed by atoms with E-state index >= 15 is 0 Å². The number of ketones is 1. The maximum absolute atomic E-state index is 14.7. The quantitative estimate of drug-likeness (QED) is 0.637. The fourth-order valence-corrected chi connectivity index (χ4v) is 3.97. The lowest BCUT2D eigenvalue weighted by molar-refractivity contribution is 0.0810. The highest BCUT2D eigenvalue weighted by molar-refractivity contribution is 5.98. The van der Waals surface area contributed by atoms with Crippen molar-refractivity contribution in [2.75, 3.05) is 13.1 Å². The van der Waals surface area contributed by atoms with Crippen LogP contribution in [0.4, 0.5) is 4.39 Å². The van der Waals surface area contributed by atoms with Crippen molar-refractivity contribution in [2.45, 2.75) is 19.4 Å². The molecule has 2 N–H and O–H groups in total. The largest absolute Gasteiger partial charge is 0.325 e. The maximum Gasteiger partial charge on any atom is 0.325 e. The van der Waals surface area contributed by atoms with E-state index < -0.39 is 17.1 Å². The molecule has 7 heteroatoms. The fourth-order valence-electron chi connectivity index (χ4n) is 3.97. The van der Waals surface area contributed by atoms with Crippen LogP contribution >= 0.6 is 0 Å². The molecule has 0 spiro atoms. The smallest absolute Gasteiger partial charge is 0.314 e. The molecular formula is C23H22FN3O3. The number of hydrogen-bond acceptors (Lipinski definition) is 4. The van der Waals surface area contributed by atoms with E-state index in [4.69, 9.17) is 0 Å². The number of hydrogen-bond donors (Lipinski definition) is 2. The van der Waals surface area contributed by atoms with E-state index in [0.717, 1.165) is 24.9 Å². The fraction of sp³-hybridized carbons (Fsp3) is 0.261.